The standard InChI is InChI=1S/C30H30O10/c31-29(21-1-5-23(6-2-21)35-15-13-33-17-27-19-37-27)39-25-9-11-26(12-10-25)40-30(32)22-3-7-24(8-4-22)36-16-14-34-18-28-20-38-28/h1-12,27-28H,13-20H2. The second kappa shape index (κ2) is 13.9. The monoisotopic (exact) mass is 550 g/mol. The molecule has 2 fully saturated rings. The summed E-state index contributed by atoms with van der Waals surface area (Å²) in [5, 5.41) is 0. The van der Waals surface area contributed by atoms with Gasteiger partial charge in [0.15, 0.2) is 0 Å². The Balaban J connectivity index is 1.02. The predicted molar refractivity (Wildman–Crippen MR) is 141 cm³/mol. The maximum atomic E-state index is 12.5. The van der Waals surface area contributed by atoms with Crippen molar-refractivity contribution in [3.05, 3.63) is 83.9 Å². The normalized spacial score (nSPS) is 17.1. The fourth-order valence-corrected chi connectivity index (χ4v) is 3.48. The lowest BCUT2D eigenvalue weighted by atomic mass is 10.2. The van der Waals surface area contributed by atoms with Gasteiger partial charge in [-0.2, -0.15) is 0 Å². The van der Waals surface area contributed by atoms with E-state index in [4.69, 9.17) is 37.9 Å². The molecule has 2 aliphatic heterocycles. The van der Waals surface area contributed by atoms with Crippen LogP contribution in [0.3, 0.4) is 0 Å². The van der Waals surface area contributed by atoms with Gasteiger partial charge in [0.1, 0.15) is 48.4 Å². The van der Waals surface area contributed by atoms with Crippen LogP contribution in [-0.4, -0.2) is 77.0 Å². The van der Waals surface area contributed by atoms with Crippen molar-refractivity contribution in [2.24, 2.45) is 0 Å². The van der Waals surface area contributed by atoms with Crippen molar-refractivity contribution in [3.63, 3.8) is 0 Å². The Morgan fingerprint density at radius 1 is 0.550 bits per heavy atom. The number of epoxide rings is 2. The number of rotatable bonds is 16. The van der Waals surface area contributed by atoms with E-state index in [-0.39, 0.29) is 12.2 Å². The van der Waals surface area contributed by atoms with Crippen LogP contribution in [0.25, 0.3) is 0 Å². The Bertz CT molecular complexity index is 1130. The molecule has 2 saturated heterocycles. The molecule has 0 radical (unpaired) electrons. The molecule has 0 N–H and O–H groups in total. The van der Waals surface area contributed by atoms with Crippen LogP contribution in [-0.2, 0) is 18.9 Å². The van der Waals surface area contributed by atoms with Gasteiger partial charge in [0.2, 0.25) is 0 Å². The Hall–Kier alpha value is -3.96. The zero-order chi connectivity index (χ0) is 27.6. The summed E-state index contributed by atoms with van der Waals surface area (Å²) in [7, 11) is 0. The molecule has 210 valence electrons. The van der Waals surface area contributed by atoms with Crippen LogP contribution in [0.15, 0.2) is 72.8 Å². The van der Waals surface area contributed by atoms with Gasteiger partial charge < -0.3 is 37.9 Å². The molecular weight excluding hydrogens is 520 g/mol. The van der Waals surface area contributed by atoms with Gasteiger partial charge in [0.05, 0.1) is 50.8 Å². The highest BCUT2D eigenvalue weighted by atomic mass is 16.6. The van der Waals surface area contributed by atoms with Crippen LogP contribution >= 0.6 is 0 Å². The third-order valence-electron chi connectivity index (χ3n) is 5.83. The van der Waals surface area contributed by atoms with E-state index in [1.54, 1.807) is 72.8 Å². The molecule has 0 spiro atoms. The van der Waals surface area contributed by atoms with Crippen LogP contribution in [0.5, 0.6) is 23.0 Å². The average Bonchev–Trinajstić information content (AvgIpc) is 3.91. The SMILES string of the molecule is O=C(Oc1ccc(OC(=O)c2ccc(OCCOCC3CO3)cc2)cc1)c1ccc(OCCOCC2CO2)cc1. The van der Waals surface area contributed by atoms with E-state index in [0.717, 1.165) is 13.2 Å². The highest BCUT2D eigenvalue weighted by Gasteiger charge is 2.22. The van der Waals surface area contributed by atoms with Gasteiger partial charge in [0, 0.05) is 0 Å². The maximum absolute atomic E-state index is 12.5. The first-order chi connectivity index (χ1) is 19.6. The summed E-state index contributed by atoms with van der Waals surface area (Å²) in [6.45, 7) is 4.41. The third kappa shape index (κ3) is 9.06. The average molecular weight is 551 g/mol. The first-order valence-corrected chi connectivity index (χ1v) is 13.0. The zero-order valence-corrected chi connectivity index (χ0v) is 21.8. The van der Waals surface area contributed by atoms with Gasteiger partial charge in [-0.3, -0.25) is 0 Å². The summed E-state index contributed by atoms with van der Waals surface area (Å²) in [6, 6.07) is 19.5. The van der Waals surface area contributed by atoms with Crippen LogP contribution < -0.4 is 18.9 Å². The lowest BCUT2D eigenvalue weighted by Gasteiger charge is -2.09. The molecular formula is C30H30O10. The lowest BCUT2D eigenvalue weighted by Crippen LogP contribution is -2.11. The van der Waals surface area contributed by atoms with Crippen molar-refractivity contribution in [1.29, 1.82) is 0 Å². The molecule has 0 aromatic heterocycles. The van der Waals surface area contributed by atoms with E-state index in [1.165, 1.54) is 0 Å². The van der Waals surface area contributed by atoms with Crippen molar-refractivity contribution in [2.75, 3.05) is 52.9 Å². The molecule has 2 heterocycles. The largest absolute Gasteiger partial charge is 0.491 e. The van der Waals surface area contributed by atoms with Crippen LogP contribution in [0.4, 0.5) is 0 Å². The molecule has 3 aromatic rings. The quantitative estimate of drug-likeness (QED) is 0.113. The number of ether oxygens (including phenoxy) is 8. The van der Waals surface area contributed by atoms with Gasteiger partial charge in [-0.15, -0.1) is 0 Å². The fourth-order valence-electron chi connectivity index (χ4n) is 3.48. The molecule has 2 atom stereocenters. The first kappa shape index (κ1) is 27.6. The van der Waals surface area contributed by atoms with Gasteiger partial charge in [-0.25, -0.2) is 9.59 Å². The summed E-state index contributed by atoms with van der Waals surface area (Å²) in [5.41, 5.74) is 0.746. The molecule has 2 aliphatic rings. The van der Waals surface area contributed by atoms with E-state index in [2.05, 4.69) is 0 Å². The molecule has 0 bridgehead atoms. The summed E-state index contributed by atoms with van der Waals surface area (Å²) >= 11 is 0. The fraction of sp³-hybridized carbons (Fsp3) is 0.333. The number of hydrogen-bond acceptors (Lipinski definition) is 10. The van der Waals surface area contributed by atoms with E-state index in [0.29, 0.717) is 73.8 Å². The number of esters is 2. The predicted octanol–water partition coefficient (Wildman–Crippen LogP) is 3.71. The highest BCUT2D eigenvalue weighted by Crippen LogP contribution is 2.21. The van der Waals surface area contributed by atoms with Crippen molar-refractivity contribution < 1.29 is 47.5 Å². The minimum atomic E-state index is -0.519. The molecule has 0 aliphatic carbocycles. The van der Waals surface area contributed by atoms with E-state index in [1.807, 2.05) is 0 Å². The van der Waals surface area contributed by atoms with E-state index >= 15 is 0 Å². The Morgan fingerprint density at radius 2 is 0.900 bits per heavy atom. The second-order valence-electron chi connectivity index (χ2n) is 9.06. The van der Waals surface area contributed by atoms with Gasteiger partial charge in [-0.05, 0) is 72.8 Å². The minimum absolute atomic E-state index is 0.227. The van der Waals surface area contributed by atoms with Gasteiger partial charge in [-0.1, -0.05) is 0 Å². The van der Waals surface area contributed by atoms with Crippen molar-refractivity contribution >= 4 is 11.9 Å². The number of hydrogen-bond donors (Lipinski definition) is 0. The van der Waals surface area contributed by atoms with Gasteiger partial charge in [0.25, 0.3) is 0 Å². The van der Waals surface area contributed by atoms with Crippen LogP contribution in [0.1, 0.15) is 20.7 Å². The molecule has 10 heteroatoms. The summed E-state index contributed by atoms with van der Waals surface area (Å²) in [4.78, 5) is 25.0. The maximum Gasteiger partial charge on any atom is 0.343 e. The molecule has 10 nitrogen and oxygen atoms in total. The number of carbonyl (C=O) groups excluding carboxylic acids is 2. The summed E-state index contributed by atoms with van der Waals surface area (Å²) in [5.74, 6) is 0.848. The molecule has 0 amide bonds. The molecule has 40 heavy (non-hydrogen) atoms. The topological polar surface area (TPSA) is 115 Å². The molecule has 5 rings (SSSR count). The number of benzene rings is 3. The molecule has 0 saturated carbocycles. The number of carbonyl (C=O) groups is 2. The smallest absolute Gasteiger partial charge is 0.343 e. The third-order valence-corrected chi connectivity index (χ3v) is 5.83. The van der Waals surface area contributed by atoms with Crippen molar-refractivity contribution in [1.82, 2.24) is 0 Å². The zero-order valence-electron chi connectivity index (χ0n) is 21.8. The van der Waals surface area contributed by atoms with Crippen LogP contribution in [0.2, 0.25) is 0 Å². The lowest BCUT2D eigenvalue weighted by molar-refractivity contribution is 0.0719. The Kier molecular flexibility index (Phi) is 9.59. The summed E-state index contributed by atoms with van der Waals surface area (Å²) < 4.78 is 43.0. The molecule has 2 unspecified atom stereocenters. The van der Waals surface area contributed by atoms with E-state index in [9.17, 15) is 9.59 Å². The van der Waals surface area contributed by atoms with Crippen LogP contribution in [0, 0.1) is 0 Å². The summed E-state index contributed by atoms with van der Waals surface area (Å²) in [6.07, 6.45) is 0.453. The van der Waals surface area contributed by atoms with Gasteiger partial charge >= 0.3 is 11.9 Å². The Morgan fingerprint density at radius 3 is 1.25 bits per heavy atom. The highest BCUT2D eigenvalue weighted by molar-refractivity contribution is 5.92. The second-order valence-corrected chi connectivity index (χ2v) is 9.06. The van der Waals surface area contributed by atoms with E-state index < -0.39 is 11.9 Å². The molecule has 3 aromatic carbocycles. The first-order valence-electron chi connectivity index (χ1n) is 13.0. The Labute approximate surface area is 231 Å². The van der Waals surface area contributed by atoms with Crippen molar-refractivity contribution in [2.45, 2.75) is 12.2 Å². The van der Waals surface area contributed by atoms with Crippen molar-refractivity contribution in [3.8, 4) is 23.0 Å². The minimum Gasteiger partial charge on any atom is -0.491 e.